The van der Waals surface area contributed by atoms with Crippen molar-refractivity contribution >= 4 is 23.1 Å². The van der Waals surface area contributed by atoms with Gasteiger partial charge >= 0.3 is 0 Å². The summed E-state index contributed by atoms with van der Waals surface area (Å²) in [6.45, 7) is 2.48. The second-order valence-corrected chi connectivity index (χ2v) is 4.44. The Balaban J connectivity index is 2.11. The first-order valence-electron chi connectivity index (χ1n) is 5.06. The van der Waals surface area contributed by atoms with Gasteiger partial charge in [-0.1, -0.05) is 0 Å². The fourth-order valence-corrected chi connectivity index (χ4v) is 2.10. The zero-order chi connectivity index (χ0) is 12.3. The quantitative estimate of drug-likeness (QED) is 0.860. The molecule has 2 aromatic rings. The molecule has 0 aliphatic heterocycles. The van der Waals surface area contributed by atoms with Crippen molar-refractivity contribution in [1.82, 2.24) is 9.97 Å². The molecule has 0 saturated carbocycles. The molecule has 0 bridgehead atoms. The number of anilines is 1. The second kappa shape index (κ2) is 4.92. The molecule has 0 unspecified atom stereocenters. The zero-order valence-electron chi connectivity index (χ0n) is 9.30. The Hall–Kier alpha value is -1.95. The van der Waals surface area contributed by atoms with E-state index < -0.39 is 5.91 Å². The molecule has 0 fully saturated rings. The number of hydrogen-bond acceptors (Lipinski definition) is 5. The van der Waals surface area contributed by atoms with Crippen molar-refractivity contribution in [1.29, 1.82) is 0 Å². The Morgan fingerprint density at radius 2 is 2.41 bits per heavy atom. The van der Waals surface area contributed by atoms with Gasteiger partial charge in [-0.15, -0.1) is 11.3 Å². The Kier molecular flexibility index (Phi) is 3.34. The SMILES string of the molecule is Cc1csc(CNc2ncccc2C(N)=O)n1. The number of nitrogens with zero attached hydrogens (tertiary/aromatic N) is 2. The van der Waals surface area contributed by atoms with Crippen molar-refractivity contribution in [3.05, 3.63) is 40.0 Å². The maximum Gasteiger partial charge on any atom is 0.252 e. The van der Waals surface area contributed by atoms with Crippen molar-refractivity contribution < 1.29 is 4.79 Å². The lowest BCUT2D eigenvalue weighted by Gasteiger charge is -2.06. The van der Waals surface area contributed by atoms with E-state index in [4.69, 9.17) is 5.73 Å². The average molecular weight is 248 g/mol. The molecule has 0 radical (unpaired) electrons. The third kappa shape index (κ3) is 2.79. The summed E-state index contributed by atoms with van der Waals surface area (Å²) in [5.74, 6) is 0.00349. The molecule has 1 amide bonds. The normalized spacial score (nSPS) is 10.2. The van der Waals surface area contributed by atoms with E-state index in [0.29, 0.717) is 17.9 Å². The largest absolute Gasteiger partial charge is 0.365 e. The van der Waals surface area contributed by atoms with Gasteiger partial charge in [-0.3, -0.25) is 4.79 Å². The fraction of sp³-hybridized carbons (Fsp3) is 0.182. The number of carbonyl (C=O) groups is 1. The number of nitrogens with one attached hydrogen (secondary N) is 1. The molecule has 2 heterocycles. The summed E-state index contributed by atoms with van der Waals surface area (Å²) in [6.07, 6.45) is 1.61. The Labute approximate surface area is 103 Å². The number of aromatic nitrogens is 2. The van der Waals surface area contributed by atoms with Gasteiger partial charge in [0, 0.05) is 17.3 Å². The highest BCUT2D eigenvalue weighted by atomic mass is 32.1. The topological polar surface area (TPSA) is 80.9 Å². The van der Waals surface area contributed by atoms with E-state index >= 15 is 0 Å². The lowest BCUT2D eigenvalue weighted by atomic mass is 10.2. The highest BCUT2D eigenvalue weighted by molar-refractivity contribution is 7.09. The summed E-state index contributed by atoms with van der Waals surface area (Å²) in [6, 6.07) is 3.32. The average Bonchev–Trinajstić information content (AvgIpc) is 2.73. The van der Waals surface area contributed by atoms with Crippen LogP contribution in [0, 0.1) is 6.92 Å². The molecule has 3 N–H and O–H groups in total. The minimum absolute atomic E-state index is 0.390. The lowest BCUT2D eigenvalue weighted by molar-refractivity contribution is 0.100. The Morgan fingerprint density at radius 3 is 3.06 bits per heavy atom. The van der Waals surface area contributed by atoms with E-state index in [2.05, 4.69) is 15.3 Å². The first-order chi connectivity index (χ1) is 8.16. The molecular formula is C11H12N4OS. The first kappa shape index (κ1) is 11.5. The van der Waals surface area contributed by atoms with Gasteiger partial charge in [0.25, 0.3) is 5.91 Å². The molecule has 88 valence electrons. The molecule has 6 heteroatoms. The van der Waals surface area contributed by atoms with Gasteiger partial charge in [0.15, 0.2) is 0 Å². The summed E-state index contributed by atoms with van der Waals surface area (Å²) in [4.78, 5) is 19.6. The number of amides is 1. The van der Waals surface area contributed by atoms with Gasteiger partial charge in [0.05, 0.1) is 12.1 Å². The lowest BCUT2D eigenvalue weighted by Crippen LogP contribution is -2.15. The van der Waals surface area contributed by atoms with E-state index in [1.807, 2.05) is 12.3 Å². The molecule has 0 aliphatic rings. The van der Waals surface area contributed by atoms with Crippen LogP contribution in [-0.4, -0.2) is 15.9 Å². The van der Waals surface area contributed by atoms with Crippen LogP contribution >= 0.6 is 11.3 Å². The fourth-order valence-electron chi connectivity index (χ4n) is 1.39. The molecule has 0 saturated heterocycles. The van der Waals surface area contributed by atoms with E-state index in [9.17, 15) is 4.79 Å². The summed E-state index contributed by atoms with van der Waals surface area (Å²) < 4.78 is 0. The van der Waals surface area contributed by atoms with Crippen molar-refractivity contribution in [3.8, 4) is 0 Å². The predicted octanol–water partition coefficient (Wildman–Crippen LogP) is 1.56. The Morgan fingerprint density at radius 1 is 1.59 bits per heavy atom. The molecule has 0 atom stereocenters. The highest BCUT2D eigenvalue weighted by Crippen LogP contribution is 2.14. The summed E-state index contributed by atoms with van der Waals surface area (Å²) in [7, 11) is 0. The van der Waals surface area contributed by atoms with E-state index in [0.717, 1.165) is 10.7 Å². The molecule has 2 rings (SSSR count). The predicted molar refractivity (Wildman–Crippen MR) is 66.9 cm³/mol. The van der Waals surface area contributed by atoms with Gasteiger partial charge in [-0.2, -0.15) is 0 Å². The minimum Gasteiger partial charge on any atom is -0.365 e. The van der Waals surface area contributed by atoms with Crippen LogP contribution in [0.1, 0.15) is 21.1 Å². The number of primary amides is 1. The van der Waals surface area contributed by atoms with Crippen molar-refractivity contribution in [2.75, 3.05) is 5.32 Å². The first-order valence-corrected chi connectivity index (χ1v) is 5.94. The number of carbonyl (C=O) groups excluding carboxylic acids is 1. The smallest absolute Gasteiger partial charge is 0.252 e. The van der Waals surface area contributed by atoms with E-state index in [-0.39, 0.29) is 0 Å². The van der Waals surface area contributed by atoms with Crippen molar-refractivity contribution in [2.24, 2.45) is 5.73 Å². The molecule has 0 aromatic carbocycles. The van der Waals surface area contributed by atoms with Crippen LogP contribution in [-0.2, 0) is 6.54 Å². The highest BCUT2D eigenvalue weighted by Gasteiger charge is 2.08. The monoisotopic (exact) mass is 248 g/mol. The number of pyridine rings is 1. The summed E-state index contributed by atoms with van der Waals surface area (Å²) in [5, 5.41) is 5.98. The molecular weight excluding hydrogens is 236 g/mol. The molecule has 0 aliphatic carbocycles. The maximum atomic E-state index is 11.2. The third-order valence-electron chi connectivity index (χ3n) is 2.15. The van der Waals surface area contributed by atoms with Crippen LogP contribution in [0.3, 0.4) is 0 Å². The van der Waals surface area contributed by atoms with E-state index in [1.165, 1.54) is 0 Å². The van der Waals surface area contributed by atoms with Crippen LogP contribution in [0.15, 0.2) is 23.7 Å². The number of hydrogen-bond donors (Lipinski definition) is 2. The van der Waals surface area contributed by atoms with Crippen LogP contribution in [0.2, 0.25) is 0 Å². The molecule has 17 heavy (non-hydrogen) atoms. The number of aryl methyl sites for hydroxylation is 1. The van der Waals surface area contributed by atoms with Crippen LogP contribution in [0.5, 0.6) is 0 Å². The third-order valence-corrected chi connectivity index (χ3v) is 3.11. The zero-order valence-corrected chi connectivity index (χ0v) is 10.1. The second-order valence-electron chi connectivity index (χ2n) is 3.50. The molecule has 5 nitrogen and oxygen atoms in total. The molecule has 2 aromatic heterocycles. The van der Waals surface area contributed by atoms with Crippen molar-refractivity contribution in [2.45, 2.75) is 13.5 Å². The van der Waals surface area contributed by atoms with Crippen molar-refractivity contribution in [3.63, 3.8) is 0 Å². The van der Waals surface area contributed by atoms with Gasteiger partial charge in [0.2, 0.25) is 0 Å². The van der Waals surface area contributed by atoms with Gasteiger partial charge in [-0.05, 0) is 19.1 Å². The summed E-state index contributed by atoms with van der Waals surface area (Å²) >= 11 is 1.57. The minimum atomic E-state index is -0.490. The Bertz CT molecular complexity index is 538. The summed E-state index contributed by atoms with van der Waals surface area (Å²) in [5.41, 5.74) is 6.63. The van der Waals surface area contributed by atoms with Gasteiger partial charge < -0.3 is 11.1 Å². The number of thiazole rings is 1. The van der Waals surface area contributed by atoms with Crippen LogP contribution < -0.4 is 11.1 Å². The number of nitrogens with two attached hydrogens (primary N) is 1. The van der Waals surface area contributed by atoms with E-state index in [1.54, 1.807) is 29.7 Å². The van der Waals surface area contributed by atoms with Crippen LogP contribution in [0.4, 0.5) is 5.82 Å². The standard InChI is InChI=1S/C11H12N4OS/c1-7-6-17-9(15-7)5-14-11-8(10(12)16)3-2-4-13-11/h2-4,6H,5H2,1H3,(H2,12,16)(H,13,14). The molecule has 0 spiro atoms. The number of rotatable bonds is 4. The van der Waals surface area contributed by atoms with Gasteiger partial charge in [-0.25, -0.2) is 9.97 Å². The van der Waals surface area contributed by atoms with Crippen LogP contribution in [0.25, 0.3) is 0 Å². The maximum absolute atomic E-state index is 11.2. The van der Waals surface area contributed by atoms with Gasteiger partial charge in [0.1, 0.15) is 10.8 Å².